The van der Waals surface area contributed by atoms with Crippen LogP contribution in [0.15, 0.2) is 29.4 Å². The molecule has 8 heteroatoms. The first-order valence-corrected chi connectivity index (χ1v) is 8.22. The van der Waals surface area contributed by atoms with Crippen LogP contribution in [-0.2, 0) is 0 Å². The highest BCUT2D eigenvalue weighted by molar-refractivity contribution is 6.15. The molecule has 0 amide bonds. The first kappa shape index (κ1) is 19.1. The molecule has 1 aliphatic heterocycles. The summed E-state index contributed by atoms with van der Waals surface area (Å²) in [7, 11) is 0. The number of aryl methyl sites for hydroxylation is 1. The smallest absolute Gasteiger partial charge is 0.387 e. The van der Waals surface area contributed by atoms with Crippen molar-refractivity contribution in [2.75, 3.05) is 0 Å². The van der Waals surface area contributed by atoms with Gasteiger partial charge in [-0.1, -0.05) is 0 Å². The third kappa shape index (κ3) is 3.74. The SMILES string of the molecule is Cc1cc(C2=NC(C)(C)Oc3c2ccc(OC(F)F)c3C)cnc1C(F)F. The van der Waals surface area contributed by atoms with Crippen LogP contribution in [0.5, 0.6) is 11.5 Å². The summed E-state index contributed by atoms with van der Waals surface area (Å²) in [4.78, 5) is 8.41. The summed E-state index contributed by atoms with van der Waals surface area (Å²) in [5.41, 5.74) is 1.06. The van der Waals surface area contributed by atoms with Gasteiger partial charge in [-0.25, -0.2) is 13.8 Å². The molecule has 0 spiro atoms. The van der Waals surface area contributed by atoms with Crippen LogP contribution in [-0.4, -0.2) is 23.0 Å². The lowest BCUT2D eigenvalue weighted by molar-refractivity contribution is -0.0505. The fraction of sp³-hybridized carbons (Fsp3) is 0.368. The molecule has 3 rings (SSSR count). The first-order valence-electron chi connectivity index (χ1n) is 8.22. The molecule has 1 aromatic heterocycles. The van der Waals surface area contributed by atoms with Gasteiger partial charge < -0.3 is 9.47 Å². The van der Waals surface area contributed by atoms with Gasteiger partial charge in [-0.05, 0) is 51.5 Å². The van der Waals surface area contributed by atoms with E-state index < -0.39 is 18.8 Å². The van der Waals surface area contributed by atoms with E-state index in [-0.39, 0.29) is 11.4 Å². The molecule has 2 aromatic rings. The number of nitrogens with zero attached hydrogens (tertiary/aromatic N) is 2. The summed E-state index contributed by atoms with van der Waals surface area (Å²) >= 11 is 0. The maximum Gasteiger partial charge on any atom is 0.387 e. The molecule has 0 fully saturated rings. The molecule has 0 aliphatic carbocycles. The highest BCUT2D eigenvalue weighted by Gasteiger charge is 2.31. The molecular formula is C19H18F4N2O2. The molecule has 27 heavy (non-hydrogen) atoms. The van der Waals surface area contributed by atoms with Gasteiger partial charge in [-0.3, -0.25) is 4.98 Å². The monoisotopic (exact) mass is 382 g/mol. The summed E-state index contributed by atoms with van der Waals surface area (Å²) in [6.07, 6.45) is -1.34. The van der Waals surface area contributed by atoms with E-state index in [4.69, 9.17) is 4.74 Å². The third-order valence-corrected chi connectivity index (χ3v) is 4.16. The molecule has 1 aliphatic rings. The zero-order chi connectivity index (χ0) is 19.9. The Hall–Kier alpha value is -2.64. The van der Waals surface area contributed by atoms with Crippen LogP contribution in [0.1, 0.15) is 48.2 Å². The van der Waals surface area contributed by atoms with Crippen molar-refractivity contribution in [2.45, 2.75) is 46.5 Å². The number of benzene rings is 1. The van der Waals surface area contributed by atoms with Crippen molar-refractivity contribution in [1.82, 2.24) is 4.98 Å². The maximum atomic E-state index is 13.0. The standard InChI is InChI=1S/C19H18F4N2O2/c1-9-7-11(8-24-14(9)17(20)21)15-12-5-6-13(26-18(22)23)10(2)16(12)27-19(3,4)25-15/h5-8,17-18H,1-4H3. The van der Waals surface area contributed by atoms with Gasteiger partial charge >= 0.3 is 6.61 Å². The third-order valence-electron chi connectivity index (χ3n) is 4.16. The summed E-state index contributed by atoms with van der Waals surface area (Å²) in [6.45, 7) is 3.63. The molecule has 0 unspecified atom stereocenters. The number of alkyl halides is 4. The van der Waals surface area contributed by atoms with E-state index in [9.17, 15) is 17.6 Å². The van der Waals surface area contributed by atoms with Crippen molar-refractivity contribution in [3.05, 3.63) is 52.3 Å². The second-order valence-corrected chi connectivity index (χ2v) is 6.68. The Bertz CT molecular complexity index is 911. The molecule has 0 N–H and O–H groups in total. The van der Waals surface area contributed by atoms with E-state index in [1.165, 1.54) is 12.3 Å². The summed E-state index contributed by atoms with van der Waals surface area (Å²) in [5, 5.41) is 0. The Morgan fingerprint density at radius 3 is 2.41 bits per heavy atom. The van der Waals surface area contributed by atoms with Crippen molar-refractivity contribution in [3.63, 3.8) is 0 Å². The van der Waals surface area contributed by atoms with Crippen molar-refractivity contribution in [1.29, 1.82) is 0 Å². The molecule has 0 atom stereocenters. The molecule has 0 saturated carbocycles. The van der Waals surface area contributed by atoms with Crippen LogP contribution in [0, 0.1) is 13.8 Å². The Morgan fingerprint density at radius 1 is 1.11 bits per heavy atom. The van der Waals surface area contributed by atoms with Crippen LogP contribution in [0.3, 0.4) is 0 Å². The fourth-order valence-electron chi connectivity index (χ4n) is 2.98. The second kappa shape index (κ2) is 6.83. The molecule has 0 radical (unpaired) electrons. The quantitative estimate of drug-likeness (QED) is 0.683. The Balaban J connectivity index is 2.14. The van der Waals surface area contributed by atoms with Crippen LogP contribution in [0.25, 0.3) is 0 Å². The maximum absolute atomic E-state index is 13.0. The van der Waals surface area contributed by atoms with Crippen molar-refractivity contribution < 1.29 is 27.0 Å². The lowest BCUT2D eigenvalue weighted by Gasteiger charge is -2.32. The molecule has 4 nitrogen and oxygen atoms in total. The lowest BCUT2D eigenvalue weighted by atomic mass is 9.96. The normalized spacial score (nSPS) is 15.4. The van der Waals surface area contributed by atoms with E-state index >= 15 is 0 Å². The Morgan fingerprint density at radius 2 is 1.81 bits per heavy atom. The first-order chi connectivity index (χ1) is 12.6. The van der Waals surface area contributed by atoms with Crippen LogP contribution >= 0.6 is 0 Å². The van der Waals surface area contributed by atoms with E-state index in [0.717, 1.165) is 0 Å². The molecule has 2 heterocycles. The van der Waals surface area contributed by atoms with Gasteiger partial charge in [-0.15, -0.1) is 0 Å². The number of aliphatic imine (C=N–C) groups is 1. The highest BCUT2D eigenvalue weighted by atomic mass is 19.3. The molecule has 0 saturated heterocycles. The summed E-state index contributed by atoms with van der Waals surface area (Å²) in [6, 6.07) is 4.55. The van der Waals surface area contributed by atoms with Crippen LogP contribution in [0.2, 0.25) is 0 Å². The number of pyridine rings is 1. The van der Waals surface area contributed by atoms with Crippen LogP contribution < -0.4 is 9.47 Å². The largest absolute Gasteiger partial charge is 0.466 e. The number of halogens is 4. The van der Waals surface area contributed by atoms with E-state index in [1.807, 2.05) is 0 Å². The van der Waals surface area contributed by atoms with Gasteiger partial charge in [0.1, 0.15) is 17.2 Å². The zero-order valence-electron chi connectivity index (χ0n) is 15.2. The lowest BCUT2D eigenvalue weighted by Crippen LogP contribution is -2.33. The van der Waals surface area contributed by atoms with Gasteiger partial charge in [0.25, 0.3) is 6.43 Å². The molecule has 0 bridgehead atoms. The van der Waals surface area contributed by atoms with Crippen molar-refractivity contribution in [3.8, 4) is 11.5 Å². The number of ether oxygens (including phenoxy) is 2. The number of rotatable bonds is 4. The van der Waals surface area contributed by atoms with Gasteiger partial charge in [0.2, 0.25) is 0 Å². The highest BCUT2D eigenvalue weighted by Crippen LogP contribution is 2.39. The molecule has 144 valence electrons. The number of hydrogen-bond donors (Lipinski definition) is 0. The van der Waals surface area contributed by atoms with Gasteiger partial charge in [0.15, 0.2) is 5.72 Å². The van der Waals surface area contributed by atoms with Crippen molar-refractivity contribution in [2.24, 2.45) is 4.99 Å². The van der Waals surface area contributed by atoms with Gasteiger partial charge in [0, 0.05) is 22.9 Å². The Labute approximate surface area is 153 Å². The van der Waals surface area contributed by atoms with Gasteiger partial charge in [0.05, 0.1) is 5.71 Å². The summed E-state index contributed by atoms with van der Waals surface area (Å²) in [5.74, 6) is 0.363. The van der Waals surface area contributed by atoms with E-state index in [0.29, 0.717) is 33.7 Å². The fourth-order valence-corrected chi connectivity index (χ4v) is 2.98. The predicted molar refractivity (Wildman–Crippen MR) is 92.1 cm³/mol. The number of aromatic nitrogens is 1. The average molecular weight is 382 g/mol. The minimum absolute atomic E-state index is 0.00292. The van der Waals surface area contributed by atoms with E-state index in [1.54, 1.807) is 39.8 Å². The van der Waals surface area contributed by atoms with E-state index in [2.05, 4.69) is 14.7 Å². The second-order valence-electron chi connectivity index (χ2n) is 6.68. The average Bonchev–Trinajstić information content (AvgIpc) is 2.56. The molecule has 1 aromatic carbocycles. The van der Waals surface area contributed by atoms with Crippen molar-refractivity contribution >= 4 is 5.71 Å². The van der Waals surface area contributed by atoms with Crippen LogP contribution in [0.4, 0.5) is 17.6 Å². The number of fused-ring (bicyclic) bond motifs is 1. The Kier molecular flexibility index (Phi) is 4.84. The topological polar surface area (TPSA) is 43.7 Å². The minimum Gasteiger partial charge on any atom is -0.466 e. The minimum atomic E-state index is -2.96. The molecular weight excluding hydrogens is 364 g/mol. The predicted octanol–water partition coefficient (Wildman–Crippen LogP) is 5.20. The summed E-state index contributed by atoms with van der Waals surface area (Å²) < 4.78 is 61.6. The number of hydrogen-bond acceptors (Lipinski definition) is 4. The van der Waals surface area contributed by atoms with Gasteiger partial charge in [-0.2, -0.15) is 8.78 Å². The zero-order valence-corrected chi connectivity index (χ0v) is 15.2.